The number of sulfone groups is 1. The fourth-order valence-electron chi connectivity index (χ4n) is 2.37. The Bertz CT molecular complexity index is 773. The predicted molar refractivity (Wildman–Crippen MR) is 82.9 cm³/mol. The summed E-state index contributed by atoms with van der Waals surface area (Å²) in [5.74, 6) is -0.214. The molecule has 0 saturated carbocycles. The number of hydrogen-bond acceptors (Lipinski definition) is 5. The molecule has 2 aromatic rings. The average molecular weight is 317 g/mol. The molecule has 6 nitrogen and oxygen atoms in total. The molecule has 0 aliphatic carbocycles. The Morgan fingerprint density at radius 1 is 1.14 bits per heavy atom. The van der Waals surface area contributed by atoms with Gasteiger partial charge in [0.1, 0.15) is 0 Å². The molecule has 0 radical (unpaired) electrons. The second-order valence-electron chi connectivity index (χ2n) is 5.25. The second kappa shape index (κ2) is 5.84. The molecule has 1 amide bonds. The van der Waals surface area contributed by atoms with Crippen molar-refractivity contribution in [3.05, 3.63) is 42.7 Å². The molecule has 3 rings (SSSR count). The van der Waals surface area contributed by atoms with Gasteiger partial charge in [0.05, 0.1) is 35.5 Å². The third kappa shape index (κ3) is 3.30. The van der Waals surface area contributed by atoms with E-state index in [9.17, 15) is 13.2 Å². The van der Waals surface area contributed by atoms with Crippen LogP contribution in [0, 0.1) is 5.92 Å². The van der Waals surface area contributed by atoms with Gasteiger partial charge in [-0.05, 0) is 6.42 Å². The topological polar surface area (TPSA) is 89.0 Å². The van der Waals surface area contributed by atoms with Crippen molar-refractivity contribution in [1.29, 1.82) is 0 Å². The van der Waals surface area contributed by atoms with Crippen LogP contribution in [0.4, 0.5) is 5.69 Å². The van der Waals surface area contributed by atoms with Crippen molar-refractivity contribution in [2.75, 3.05) is 16.8 Å². The molecule has 0 bridgehead atoms. The molecule has 1 saturated heterocycles. The molecule has 114 valence electrons. The van der Waals surface area contributed by atoms with Gasteiger partial charge in [-0.3, -0.25) is 4.79 Å². The van der Waals surface area contributed by atoms with E-state index in [1.165, 1.54) is 12.4 Å². The molecule has 1 N–H and O–H groups in total. The van der Waals surface area contributed by atoms with Gasteiger partial charge >= 0.3 is 0 Å². The Morgan fingerprint density at radius 3 is 2.41 bits per heavy atom. The number of benzene rings is 1. The second-order valence-corrected chi connectivity index (χ2v) is 7.48. The Labute approximate surface area is 128 Å². The first-order valence-corrected chi connectivity index (χ1v) is 8.74. The summed E-state index contributed by atoms with van der Waals surface area (Å²) in [5, 5.41) is 2.67. The summed E-state index contributed by atoms with van der Waals surface area (Å²) in [7, 11) is -3.07. The minimum absolute atomic E-state index is 0.0779. The molecule has 1 aromatic heterocycles. The standard InChI is InChI=1S/C15H15N3O3S/c19-15(12-6-7-22(20,21)10-12)18-13-8-16-14(17-9-13)11-4-2-1-3-5-11/h1-5,8-9,12H,6-7,10H2,(H,18,19)/t12-/m0/s1. The Kier molecular flexibility index (Phi) is 3.89. The highest BCUT2D eigenvalue weighted by Crippen LogP contribution is 2.20. The van der Waals surface area contributed by atoms with Crippen molar-refractivity contribution in [2.45, 2.75) is 6.42 Å². The number of hydrogen-bond donors (Lipinski definition) is 1. The van der Waals surface area contributed by atoms with Crippen LogP contribution in [0.25, 0.3) is 11.4 Å². The van der Waals surface area contributed by atoms with Gasteiger partial charge in [-0.15, -0.1) is 0 Å². The SMILES string of the molecule is O=C(Nc1cnc(-c2ccccc2)nc1)[C@H]1CCS(=O)(=O)C1. The number of nitrogens with one attached hydrogen (secondary N) is 1. The highest BCUT2D eigenvalue weighted by atomic mass is 32.2. The lowest BCUT2D eigenvalue weighted by Crippen LogP contribution is -2.23. The molecular weight excluding hydrogens is 302 g/mol. The van der Waals surface area contributed by atoms with Crippen LogP contribution in [0.15, 0.2) is 42.7 Å². The van der Waals surface area contributed by atoms with Crippen molar-refractivity contribution in [2.24, 2.45) is 5.92 Å². The molecular formula is C15H15N3O3S. The van der Waals surface area contributed by atoms with Crippen LogP contribution < -0.4 is 5.32 Å². The highest BCUT2D eigenvalue weighted by Gasteiger charge is 2.32. The van der Waals surface area contributed by atoms with Crippen molar-refractivity contribution in [3.63, 3.8) is 0 Å². The van der Waals surface area contributed by atoms with Gasteiger partial charge in [-0.25, -0.2) is 18.4 Å². The van der Waals surface area contributed by atoms with Crippen LogP contribution in [-0.2, 0) is 14.6 Å². The van der Waals surface area contributed by atoms with Gasteiger partial charge in [0.25, 0.3) is 0 Å². The number of aromatic nitrogens is 2. The normalized spacial score (nSPS) is 19.7. The van der Waals surface area contributed by atoms with Gasteiger partial charge in [0.2, 0.25) is 5.91 Å². The van der Waals surface area contributed by atoms with Crippen LogP contribution in [0.1, 0.15) is 6.42 Å². The molecule has 1 aliphatic heterocycles. The number of carbonyl (C=O) groups excluding carboxylic acids is 1. The predicted octanol–water partition coefficient (Wildman–Crippen LogP) is 1.52. The third-order valence-electron chi connectivity index (χ3n) is 3.55. The van der Waals surface area contributed by atoms with E-state index in [1.807, 2.05) is 30.3 Å². The fourth-order valence-corrected chi connectivity index (χ4v) is 4.12. The summed E-state index contributed by atoms with van der Waals surface area (Å²) in [6.45, 7) is 0. The molecule has 1 fully saturated rings. The maximum absolute atomic E-state index is 12.0. The minimum Gasteiger partial charge on any atom is -0.323 e. The zero-order chi connectivity index (χ0) is 15.6. The maximum atomic E-state index is 12.0. The van der Waals surface area contributed by atoms with E-state index in [1.54, 1.807) is 0 Å². The Hall–Kier alpha value is -2.28. The molecule has 7 heteroatoms. The van der Waals surface area contributed by atoms with Gasteiger partial charge < -0.3 is 5.32 Å². The van der Waals surface area contributed by atoms with E-state index in [-0.39, 0.29) is 17.4 Å². The first-order chi connectivity index (χ1) is 10.5. The van der Waals surface area contributed by atoms with E-state index in [0.29, 0.717) is 17.9 Å². The number of amides is 1. The van der Waals surface area contributed by atoms with Crippen LogP contribution in [-0.4, -0.2) is 35.8 Å². The molecule has 0 spiro atoms. The van der Waals surface area contributed by atoms with Gasteiger partial charge in [-0.1, -0.05) is 30.3 Å². The average Bonchev–Trinajstić information content (AvgIpc) is 2.89. The van der Waals surface area contributed by atoms with Crippen molar-refractivity contribution >= 4 is 21.4 Å². The molecule has 1 aliphatic rings. The van der Waals surface area contributed by atoms with E-state index in [4.69, 9.17) is 0 Å². The van der Waals surface area contributed by atoms with Crippen LogP contribution in [0.2, 0.25) is 0 Å². The monoisotopic (exact) mass is 317 g/mol. The number of anilines is 1. The van der Waals surface area contributed by atoms with E-state index < -0.39 is 15.8 Å². The van der Waals surface area contributed by atoms with Crippen LogP contribution in [0.3, 0.4) is 0 Å². The lowest BCUT2D eigenvalue weighted by Gasteiger charge is -2.09. The van der Waals surface area contributed by atoms with Crippen molar-refractivity contribution < 1.29 is 13.2 Å². The summed E-state index contributed by atoms with van der Waals surface area (Å²) < 4.78 is 22.8. The quantitative estimate of drug-likeness (QED) is 0.927. The largest absolute Gasteiger partial charge is 0.323 e. The summed E-state index contributed by atoms with van der Waals surface area (Å²) in [4.78, 5) is 20.5. The minimum atomic E-state index is -3.07. The fraction of sp³-hybridized carbons (Fsp3) is 0.267. The number of rotatable bonds is 3. The number of carbonyl (C=O) groups is 1. The maximum Gasteiger partial charge on any atom is 0.228 e. The molecule has 22 heavy (non-hydrogen) atoms. The first kappa shape index (κ1) is 14.6. The number of nitrogens with zero attached hydrogens (tertiary/aromatic N) is 2. The summed E-state index contributed by atoms with van der Waals surface area (Å²) in [5.41, 5.74) is 1.36. The Morgan fingerprint density at radius 2 is 1.82 bits per heavy atom. The summed E-state index contributed by atoms with van der Waals surface area (Å²) >= 11 is 0. The lowest BCUT2D eigenvalue weighted by atomic mass is 10.1. The van der Waals surface area contributed by atoms with E-state index >= 15 is 0 Å². The Balaban J connectivity index is 1.68. The molecule has 0 unspecified atom stereocenters. The van der Waals surface area contributed by atoms with Crippen molar-refractivity contribution in [1.82, 2.24) is 9.97 Å². The van der Waals surface area contributed by atoms with Gasteiger partial charge in [0.15, 0.2) is 15.7 Å². The lowest BCUT2D eigenvalue weighted by molar-refractivity contribution is -0.119. The first-order valence-electron chi connectivity index (χ1n) is 6.92. The molecule has 1 aromatic carbocycles. The van der Waals surface area contributed by atoms with E-state index in [0.717, 1.165) is 5.56 Å². The molecule has 2 heterocycles. The van der Waals surface area contributed by atoms with Gasteiger partial charge in [0, 0.05) is 5.56 Å². The highest BCUT2D eigenvalue weighted by molar-refractivity contribution is 7.91. The third-order valence-corrected chi connectivity index (χ3v) is 5.32. The smallest absolute Gasteiger partial charge is 0.228 e. The van der Waals surface area contributed by atoms with E-state index in [2.05, 4.69) is 15.3 Å². The zero-order valence-corrected chi connectivity index (χ0v) is 12.6. The summed E-state index contributed by atoms with van der Waals surface area (Å²) in [6, 6.07) is 9.51. The zero-order valence-electron chi connectivity index (χ0n) is 11.8. The van der Waals surface area contributed by atoms with Crippen LogP contribution >= 0.6 is 0 Å². The van der Waals surface area contributed by atoms with Crippen molar-refractivity contribution in [3.8, 4) is 11.4 Å². The molecule has 1 atom stereocenters. The van der Waals surface area contributed by atoms with Gasteiger partial charge in [-0.2, -0.15) is 0 Å². The van der Waals surface area contributed by atoms with Crippen LogP contribution in [0.5, 0.6) is 0 Å². The summed E-state index contributed by atoms with van der Waals surface area (Å²) in [6.07, 6.45) is 3.42.